The number of likely N-dealkylation sites (N-methyl/N-ethyl adjacent to an activating group) is 1. The van der Waals surface area contributed by atoms with Gasteiger partial charge in [0.25, 0.3) is 10.0 Å². The van der Waals surface area contributed by atoms with E-state index in [2.05, 4.69) is 5.32 Å². The maximum absolute atomic E-state index is 14.4. The number of anilines is 1. The Labute approximate surface area is 263 Å². The van der Waals surface area contributed by atoms with Crippen LogP contribution in [0.4, 0.5) is 5.69 Å². The number of benzene rings is 4. The van der Waals surface area contributed by atoms with Crippen LogP contribution in [0.15, 0.2) is 102 Å². The molecule has 0 saturated heterocycles. The zero-order chi connectivity index (χ0) is 31.1. The van der Waals surface area contributed by atoms with Crippen molar-refractivity contribution in [3.63, 3.8) is 0 Å². The number of hydrogen-bond acceptors (Lipinski definition) is 4. The second-order valence-electron chi connectivity index (χ2n) is 10.2. The van der Waals surface area contributed by atoms with Gasteiger partial charge in [0, 0.05) is 30.1 Å². The highest BCUT2D eigenvalue weighted by atomic mass is 35.5. The lowest BCUT2D eigenvalue weighted by Crippen LogP contribution is -2.53. The van der Waals surface area contributed by atoms with Crippen molar-refractivity contribution in [2.75, 3.05) is 17.9 Å². The summed E-state index contributed by atoms with van der Waals surface area (Å²) in [5.74, 6) is -0.940. The van der Waals surface area contributed by atoms with Crippen LogP contribution >= 0.6 is 23.2 Å². The van der Waals surface area contributed by atoms with Crippen molar-refractivity contribution in [3.05, 3.63) is 129 Å². The zero-order valence-corrected chi connectivity index (χ0v) is 26.5. The van der Waals surface area contributed by atoms with Crippen molar-refractivity contribution < 1.29 is 18.0 Å². The molecule has 4 aromatic carbocycles. The van der Waals surface area contributed by atoms with E-state index in [0.717, 1.165) is 15.4 Å². The number of sulfonamides is 1. The molecule has 10 heteroatoms. The van der Waals surface area contributed by atoms with Crippen LogP contribution in [0.5, 0.6) is 0 Å². The predicted octanol–water partition coefficient (Wildman–Crippen LogP) is 6.19. The van der Waals surface area contributed by atoms with Gasteiger partial charge in [-0.3, -0.25) is 13.9 Å². The average Bonchev–Trinajstić information content (AvgIpc) is 2.98. The Morgan fingerprint density at radius 1 is 0.814 bits per heavy atom. The van der Waals surface area contributed by atoms with Gasteiger partial charge in [-0.2, -0.15) is 0 Å². The largest absolute Gasteiger partial charge is 0.357 e. The Morgan fingerprint density at radius 3 is 2.09 bits per heavy atom. The molecule has 0 bridgehead atoms. The fraction of sp³-hybridized carbons (Fsp3) is 0.212. The number of amides is 2. The van der Waals surface area contributed by atoms with Gasteiger partial charge in [-0.1, -0.05) is 83.4 Å². The van der Waals surface area contributed by atoms with Gasteiger partial charge in [0.2, 0.25) is 11.8 Å². The minimum absolute atomic E-state index is 0.0301. The Kier molecular flexibility index (Phi) is 10.5. The maximum Gasteiger partial charge on any atom is 0.264 e. The molecule has 224 valence electrons. The second-order valence-corrected chi connectivity index (χ2v) is 13.0. The Bertz CT molecular complexity index is 1700. The normalized spacial score (nSPS) is 11.9. The second kappa shape index (κ2) is 14.1. The van der Waals surface area contributed by atoms with E-state index in [1.807, 2.05) is 37.3 Å². The molecule has 0 spiro atoms. The standard InChI is InChI=1S/C33H33Cl2N3O4S/c1-23-12-15-29(16-13-23)43(41,42)38(30-17-14-28(35)18-24(30)2)22-32(39)37(21-26-10-7-11-27(34)19-26)31(33(40)36-3)20-25-8-5-4-6-9-25/h4-19,31H,20-22H2,1-3H3,(H,36,40)/t31-/m0/s1. The number of nitrogens with zero attached hydrogens (tertiary/aromatic N) is 2. The molecule has 1 atom stereocenters. The van der Waals surface area contributed by atoms with Crippen molar-refractivity contribution in [2.24, 2.45) is 0 Å². The van der Waals surface area contributed by atoms with Crippen molar-refractivity contribution in [3.8, 4) is 0 Å². The SMILES string of the molecule is CNC(=O)[C@H](Cc1ccccc1)N(Cc1cccc(Cl)c1)C(=O)CN(c1ccc(Cl)cc1C)S(=O)(=O)c1ccc(C)cc1. The van der Waals surface area contributed by atoms with Gasteiger partial charge < -0.3 is 10.2 Å². The summed E-state index contributed by atoms with van der Waals surface area (Å²) in [6.45, 7) is 3.07. The molecule has 0 fully saturated rings. The van der Waals surface area contributed by atoms with Crippen LogP contribution in [0, 0.1) is 13.8 Å². The minimum Gasteiger partial charge on any atom is -0.357 e. The van der Waals surface area contributed by atoms with E-state index in [4.69, 9.17) is 23.2 Å². The predicted molar refractivity (Wildman–Crippen MR) is 172 cm³/mol. The van der Waals surface area contributed by atoms with E-state index in [0.29, 0.717) is 26.9 Å². The number of hydrogen-bond donors (Lipinski definition) is 1. The Balaban J connectivity index is 1.81. The highest BCUT2D eigenvalue weighted by Crippen LogP contribution is 2.30. The molecule has 0 radical (unpaired) electrons. The highest BCUT2D eigenvalue weighted by Gasteiger charge is 2.34. The number of nitrogens with one attached hydrogen (secondary N) is 1. The first-order valence-corrected chi connectivity index (χ1v) is 15.8. The summed E-state index contributed by atoms with van der Waals surface area (Å²) in [5, 5.41) is 3.59. The summed E-state index contributed by atoms with van der Waals surface area (Å²) in [6, 6.07) is 26.7. The van der Waals surface area contributed by atoms with E-state index in [1.54, 1.807) is 61.5 Å². The van der Waals surface area contributed by atoms with Gasteiger partial charge in [0.05, 0.1) is 10.6 Å². The highest BCUT2D eigenvalue weighted by molar-refractivity contribution is 7.92. The van der Waals surface area contributed by atoms with Crippen LogP contribution in [-0.2, 0) is 32.6 Å². The molecule has 0 aliphatic rings. The molecule has 4 rings (SSSR count). The van der Waals surface area contributed by atoms with Crippen LogP contribution < -0.4 is 9.62 Å². The fourth-order valence-electron chi connectivity index (χ4n) is 4.80. The molecule has 7 nitrogen and oxygen atoms in total. The van der Waals surface area contributed by atoms with Crippen molar-refractivity contribution in [2.45, 2.75) is 37.8 Å². The smallest absolute Gasteiger partial charge is 0.264 e. The van der Waals surface area contributed by atoms with Crippen LogP contribution in [0.2, 0.25) is 10.0 Å². The van der Waals surface area contributed by atoms with Crippen molar-refractivity contribution in [1.82, 2.24) is 10.2 Å². The Hall–Kier alpha value is -3.85. The lowest BCUT2D eigenvalue weighted by molar-refractivity contribution is -0.139. The van der Waals surface area contributed by atoms with E-state index in [1.165, 1.54) is 24.1 Å². The summed E-state index contributed by atoms with van der Waals surface area (Å²) in [5.41, 5.74) is 3.31. The van der Waals surface area contributed by atoms with E-state index in [-0.39, 0.29) is 23.8 Å². The zero-order valence-electron chi connectivity index (χ0n) is 24.1. The van der Waals surface area contributed by atoms with Gasteiger partial charge >= 0.3 is 0 Å². The molecule has 0 heterocycles. The maximum atomic E-state index is 14.4. The van der Waals surface area contributed by atoms with Crippen molar-refractivity contribution >= 4 is 50.7 Å². The number of aryl methyl sites for hydroxylation is 2. The van der Waals surface area contributed by atoms with E-state index < -0.39 is 28.5 Å². The van der Waals surface area contributed by atoms with Crippen molar-refractivity contribution in [1.29, 1.82) is 0 Å². The number of carbonyl (C=O) groups excluding carboxylic acids is 2. The molecule has 0 unspecified atom stereocenters. The van der Waals surface area contributed by atoms with Crippen LogP contribution in [0.1, 0.15) is 22.3 Å². The van der Waals surface area contributed by atoms with Gasteiger partial charge in [0.1, 0.15) is 12.6 Å². The first-order chi connectivity index (χ1) is 20.5. The molecule has 2 amide bonds. The quantitative estimate of drug-likeness (QED) is 0.212. The van der Waals surface area contributed by atoms with Crippen LogP contribution in [-0.4, -0.2) is 44.8 Å². The lowest BCUT2D eigenvalue weighted by Gasteiger charge is -2.34. The summed E-state index contributed by atoms with van der Waals surface area (Å²) >= 11 is 12.5. The molecule has 0 aliphatic carbocycles. The summed E-state index contributed by atoms with van der Waals surface area (Å²) in [4.78, 5) is 29.2. The minimum atomic E-state index is -4.20. The lowest BCUT2D eigenvalue weighted by atomic mass is 10.0. The van der Waals surface area contributed by atoms with Gasteiger partial charge in [-0.15, -0.1) is 0 Å². The molecule has 0 aromatic heterocycles. The van der Waals surface area contributed by atoms with Gasteiger partial charge in [0.15, 0.2) is 0 Å². The fourth-order valence-corrected chi connectivity index (χ4v) is 6.72. The molecule has 4 aromatic rings. The molecular formula is C33H33Cl2N3O4S. The molecule has 0 aliphatic heterocycles. The molecule has 43 heavy (non-hydrogen) atoms. The van der Waals surface area contributed by atoms with Crippen LogP contribution in [0.25, 0.3) is 0 Å². The van der Waals surface area contributed by atoms with Gasteiger partial charge in [-0.05, 0) is 73.0 Å². The van der Waals surface area contributed by atoms with E-state index in [9.17, 15) is 18.0 Å². The topological polar surface area (TPSA) is 86.8 Å². The van der Waals surface area contributed by atoms with Gasteiger partial charge in [-0.25, -0.2) is 8.42 Å². The third kappa shape index (κ3) is 7.96. The molecule has 0 saturated carbocycles. The molecule has 1 N–H and O–H groups in total. The molecular weight excluding hydrogens is 605 g/mol. The summed E-state index contributed by atoms with van der Waals surface area (Å²) in [6.07, 6.45) is 0.220. The Morgan fingerprint density at radius 2 is 1.47 bits per heavy atom. The summed E-state index contributed by atoms with van der Waals surface area (Å²) in [7, 11) is -2.70. The number of rotatable bonds is 11. The third-order valence-electron chi connectivity index (χ3n) is 7.07. The average molecular weight is 639 g/mol. The summed E-state index contributed by atoms with van der Waals surface area (Å²) < 4.78 is 29.3. The third-order valence-corrected chi connectivity index (χ3v) is 9.32. The number of halogens is 2. The first kappa shape index (κ1) is 32.1. The number of carbonyl (C=O) groups is 2. The van der Waals surface area contributed by atoms with Crippen LogP contribution in [0.3, 0.4) is 0 Å². The monoisotopic (exact) mass is 637 g/mol. The first-order valence-electron chi connectivity index (χ1n) is 13.6. The van der Waals surface area contributed by atoms with E-state index >= 15 is 0 Å².